The van der Waals surface area contributed by atoms with Gasteiger partial charge in [0.15, 0.2) is 0 Å². The summed E-state index contributed by atoms with van der Waals surface area (Å²) in [4.78, 5) is 31.3. The van der Waals surface area contributed by atoms with Gasteiger partial charge in [0, 0.05) is 36.3 Å². The van der Waals surface area contributed by atoms with Gasteiger partial charge in [-0.1, -0.05) is 24.6 Å². The van der Waals surface area contributed by atoms with Gasteiger partial charge in [-0.2, -0.15) is 0 Å². The van der Waals surface area contributed by atoms with Gasteiger partial charge in [-0.15, -0.1) is 11.3 Å². The lowest BCUT2D eigenvalue weighted by Gasteiger charge is -2.40. The zero-order valence-electron chi connectivity index (χ0n) is 16.9. The molecule has 6 heteroatoms. The molecule has 1 amide bonds. The molecule has 0 N–H and O–H groups in total. The van der Waals surface area contributed by atoms with E-state index in [0.29, 0.717) is 16.3 Å². The highest BCUT2D eigenvalue weighted by Crippen LogP contribution is 2.31. The van der Waals surface area contributed by atoms with E-state index in [1.807, 2.05) is 35.2 Å². The molecule has 0 atom stereocenters. The Labute approximate surface area is 174 Å². The highest BCUT2D eigenvalue weighted by molar-refractivity contribution is 7.21. The molecule has 4 heterocycles. The SMILES string of the molecule is Cn1c(=O)c2cc(C(=O)N3CCC(N4CCCCC4)CC3)sc2c2ccccc21. The van der Waals surface area contributed by atoms with E-state index >= 15 is 0 Å². The van der Waals surface area contributed by atoms with E-state index in [-0.39, 0.29) is 11.5 Å². The zero-order chi connectivity index (χ0) is 20.0. The van der Waals surface area contributed by atoms with Gasteiger partial charge in [0.2, 0.25) is 0 Å². The van der Waals surface area contributed by atoms with Crippen LogP contribution >= 0.6 is 11.3 Å². The lowest BCUT2D eigenvalue weighted by atomic mass is 10.00. The van der Waals surface area contributed by atoms with Crippen molar-refractivity contribution in [2.45, 2.75) is 38.1 Å². The van der Waals surface area contributed by atoms with Crippen LogP contribution in [-0.4, -0.2) is 52.5 Å². The average Bonchev–Trinajstić information content (AvgIpc) is 3.24. The van der Waals surface area contributed by atoms with Gasteiger partial charge in [-0.3, -0.25) is 9.59 Å². The maximum absolute atomic E-state index is 13.2. The second-order valence-electron chi connectivity index (χ2n) is 8.35. The maximum Gasteiger partial charge on any atom is 0.263 e. The molecule has 0 radical (unpaired) electrons. The molecule has 0 aliphatic carbocycles. The first kappa shape index (κ1) is 18.8. The summed E-state index contributed by atoms with van der Waals surface area (Å²) in [5.74, 6) is 0.0782. The third-order valence-electron chi connectivity index (χ3n) is 6.65. The number of hydrogen-bond acceptors (Lipinski definition) is 4. The number of rotatable bonds is 2. The van der Waals surface area contributed by atoms with Crippen LogP contribution in [0.25, 0.3) is 21.0 Å². The number of fused-ring (bicyclic) bond motifs is 3. The number of nitrogens with zero attached hydrogens (tertiary/aromatic N) is 3. The molecule has 29 heavy (non-hydrogen) atoms. The molecule has 2 fully saturated rings. The zero-order valence-corrected chi connectivity index (χ0v) is 17.7. The molecule has 2 saturated heterocycles. The molecule has 2 aliphatic rings. The normalized spacial score (nSPS) is 19.3. The molecule has 152 valence electrons. The van der Waals surface area contributed by atoms with Gasteiger partial charge in [-0.25, -0.2) is 0 Å². The molecular weight excluding hydrogens is 382 g/mol. The molecule has 2 aromatic heterocycles. The van der Waals surface area contributed by atoms with Crippen LogP contribution in [0.2, 0.25) is 0 Å². The predicted molar refractivity (Wildman–Crippen MR) is 119 cm³/mol. The van der Waals surface area contributed by atoms with Crippen LogP contribution in [0.4, 0.5) is 0 Å². The van der Waals surface area contributed by atoms with Gasteiger partial charge in [0.25, 0.3) is 11.5 Å². The van der Waals surface area contributed by atoms with Gasteiger partial charge < -0.3 is 14.4 Å². The fraction of sp³-hybridized carbons (Fsp3) is 0.478. The maximum atomic E-state index is 13.2. The number of carbonyl (C=O) groups excluding carboxylic acids is 1. The first-order chi connectivity index (χ1) is 14.1. The van der Waals surface area contributed by atoms with Crippen molar-refractivity contribution in [2.75, 3.05) is 26.2 Å². The minimum Gasteiger partial charge on any atom is -0.338 e. The second-order valence-corrected chi connectivity index (χ2v) is 9.41. The number of thiophene rings is 1. The monoisotopic (exact) mass is 409 g/mol. The number of pyridine rings is 1. The van der Waals surface area contributed by atoms with Crippen molar-refractivity contribution < 1.29 is 4.79 Å². The quantitative estimate of drug-likeness (QED) is 0.646. The predicted octanol–water partition coefficient (Wildman–Crippen LogP) is 3.84. The van der Waals surface area contributed by atoms with Crippen LogP contribution in [-0.2, 0) is 7.05 Å². The topological polar surface area (TPSA) is 45.6 Å². The Morgan fingerprint density at radius 2 is 1.72 bits per heavy atom. The van der Waals surface area contributed by atoms with Gasteiger partial charge in [-0.05, 0) is 50.9 Å². The van der Waals surface area contributed by atoms with Crippen LogP contribution in [0.5, 0.6) is 0 Å². The molecule has 3 aromatic rings. The van der Waals surface area contributed by atoms with Gasteiger partial charge in [0.05, 0.1) is 15.8 Å². The summed E-state index contributed by atoms with van der Waals surface area (Å²) in [5.41, 5.74) is 0.881. The van der Waals surface area contributed by atoms with Gasteiger partial charge >= 0.3 is 0 Å². The van der Waals surface area contributed by atoms with Crippen LogP contribution in [0.3, 0.4) is 0 Å². The van der Waals surface area contributed by atoms with Crippen molar-refractivity contribution in [1.82, 2.24) is 14.4 Å². The summed E-state index contributed by atoms with van der Waals surface area (Å²) in [7, 11) is 1.80. The molecule has 5 rings (SSSR count). The summed E-state index contributed by atoms with van der Waals surface area (Å²) in [6.45, 7) is 4.05. The number of amides is 1. The first-order valence-corrected chi connectivity index (χ1v) is 11.5. The van der Waals surface area contributed by atoms with E-state index in [0.717, 1.165) is 41.5 Å². The smallest absolute Gasteiger partial charge is 0.263 e. The summed E-state index contributed by atoms with van der Waals surface area (Å²) in [6, 6.07) is 10.4. The third kappa shape index (κ3) is 3.28. The summed E-state index contributed by atoms with van der Waals surface area (Å²) in [5, 5.41) is 1.69. The first-order valence-electron chi connectivity index (χ1n) is 10.7. The Morgan fingerprint density at radius 3 is 2.48 bits per heavy atom. The van der Waals surface area contributed by atoms with E-state index < -0.39 is 0 Å². The van der Waals surface area contributed by atoms with Crippen molar-refractivity contribution >= 4 is 38.2 Å². The fourth-order valence-electron chi connectivity index (χ4n) is 4.98. The van der Waals surface area contributed by atoms with E-state index in [2.05, 4.69) is 4.90 Å². The molecule has 0 bridgehead atoms. The number of aryl methyl sites for hydroxylation is 1. The van der Waals surface area contributed by atoms with Gasteiger partial charge in [0.1, 0.15) is 0 Å². The van der Waals surface area contributed by atoms with Crippen molar-refractivity contribution in [3.8, 4) is 0 Å². The largest absolute Gasteiger partial charge is 0.338 e. The van der Waals surface area contributed by atoms with E-state index in [1.165, 1.54) is 43.7 Å². The minimum atomic E-state index is -0.0298. The van der Waals surface area contributed by atoms with Crippen LogP contribution in [0, 0.1) is 0 Å². The highest BCUT2D eigenvalue weighted by Gasteiger charge is 2.29. The fourth-order valence-corrected chi connectivity index (χ4v) is 6.13. The summed E-state index contributed by atoms with van der Waals surface area (Å²) >= 11 is 1.47. The number of carbonyl (C=O) groups is 1. The van der Waals surface area contributed by atoms with Crippen LogP contribution in [0.15, 0.2) is 35.1 Å². The molecule has 2 aliphatic heterocycles. The Kier molecular flexibility index (Phi) is 4.92. The van der Waals surface area contributed by atoms with Crippen molar-refractivity contribution in [2.24, 2.45) is 7.05 Å². The lowest BCUT2D eigenvalue weighted by Crippen LogP contribution is -2.48. The molecular formula is C23H27N3O2S. The Bertz CT molecular complexity index is 1120. The van der Waals surface area contributed by atoms with E-state index in [1.54, 1.807) is 11.6 Å². The minimum absolute atomic E-state index is 0.0298. The number of likely N-dealkylation sites (tertiary alicyclic amines) is 2. The Morgan fingerprint density at radius 1 is 1.00 bits per heavy atom. The number of benzene rings is 1. The second kappa shape index (κ2) is 7.58. The number of hydrogen-bond donors (Lipinski definition) is 0. The standard InChI is InChI=1S/C23H27N3O2S/c1-24-19-8-4-3-7-17(19)21-18(22(24)27)15-20(29-21)23(28)26-13-9-16(10-14-26)25-11-5-2-6-12-25/h3-4,7-8,15-16H,2,5-6,9-14H2,1H3. The molecule has 0 saturated carbocycles. The lowest BCUT2D eigenvalue weighted by molar-refractivity contribution is 0.0594. The highest BCUT2D eigenvalue weighted by atomic mass is 32.1. The number of aromatic nitrogens is 1. The number of piperidine rings is 2. The molecule has 0 spiro atoms. The summed E-state index contributed by atoms with van der Waals surface area (Å²) in [6.07, 6.45) is 6.09. The van der Waals surface area contributed by atoms with E-state index in [9.17, 15) is 9.59 Å². The van der Waals surface area contributed by atoms with Crippen molar-refractivity contribution in [3.63, 3.8) is 0 Å². The average molecular weight is 410 g/mol. The van der Waals surface area contributed by atoms with Crippen molar-refractivity contribution in [3.05, 3.63) is 45.6 Å². The Hall–Kier alpha value is -2.18. The molecule has 1 aromatic carbocycles. The van der Waals surface area contributed by atoms with Crippen LogP contribution in [0.1, 0.15) is 41.8 Å². The van der Waals surface area contributed by atoms with Crippen LogP contribution < -0.4 is 5.56 Å². The number of para-hydroxylation sites is 1. The van der Waals surface area contributed by atoms with E-state index in [4.69, 9.17) is 0 Å². The molecule has 5 nitrogen and oxygen atoms in total. The summed E-state index contributed by atoms with van der Waals surface area (Å²) < 4.78 is 2.61. The Balaban J connectivity index is 1.40. The van der Waals surface area contributed by atoms with Crippen molar-refractivity contribution in [1.29, 1.82) is 0 Å². The third-order valence-corrected chi connectivity index (χ3v) is 7.80. The molecule has 0 unspecified atom stereocenters.